The zero-order valence-electron chi connectivity index (χ0n) is 20.8. The summed E-state index contributed by atoms with van der Waals surface area (Å²) in [7, 11) is 0. The van der Waals surface area contributed by atoms with Gasteiger partial charge in [0.2, 0.25) is 6.29 Å². The molecule has 1 heterocycles. The number of pyridine rings is 1. The van der Waals surface area contributed by atoms with Gasteiger partial charge in [-0.3, -0.25) is 9.59 Å². The van der Waals surface area contributed by atoms with Crippen LogP contribution in [0.3, 0.4) is 0 Å². The van der Waals surface area contributed by atoms with Crippen molar-refractivity contribution in [2.24, 2.45) is 11.8 Å². The molecule has 2 N–H and O–H groups in total. The summed E-state index contributed by atoms with van der Waals surface area (Å²) >= 11 is 0. The Bertz CT molecular complexity index is 1210. The summed E-state index contributed by atoms with van der Waals surface area (Å²) in [6.45, 7) is 10.7. The first-order chi connectivity index (χ1) is 17.0. The SMILES string of the molecule is C=Cc1cc(C(=O)O)c(-c2ccc(C(=O)NCC3CC3)nc2C(=O)OC(C)OC(=O)C(C)C)cc1C. The molecular formula is C27H30N2O7. The minimum atomic E-state index is -1.22. The van der Waals surface area contributed by atoms with E-state index in [0.717, 1.165) is 18.4 Å². The second-order valence-electron chi connectivity index (χ2n) is 9.07. The Balaban J connectivity index is 2.05. The predicted molar refractivity (Wildman–Crippen MR) is 132 cm³/mol. The number of carboxylic acids is 1. The van der Waals surface area contributed by atoms with Crippen molar-refractivity contribution in [3.63, 3.8) is 0 Å². The fourth-order valence-electron chi connectivity index (χ4n) is 3.48. The molecule has 2 aromatic rings. The molecule has 0 bridgehead atoms. The van der Waals surface area contributed by atoms with E-state index in [1.165, 1.54) is 31.2 Å². The number of nitrogens with zero attached hydrogens (tertiary/aromatic N) is 1. The summed E-state index contributed by atoms with van der Waals surface area (Å²) in [4.78, 5) is 54.0. The standard InChI is InChI=1S/C27H30N2O7/c1-6-18-12-21(25(31)32)20(11-15(18)4)19-9-10-22(24(30)28-13-17-7-8-17)29-23(19)27(34)36-16(5)35-26(33)14(2)3/h6,9-12,14,16-17H,1,7-8,13H2,2-5H3,(H,28,30)(H,31,32). The molecule has 0 radical (unpaired) electrons. The van der Waals surface area contributed by atoms with Gasteiger partial charge in [0.15, 0.2) is 5.69 Å². The zero-order valence-corrected chi connectivity index (χ0v) is 20.8. The van der Waals surface area contributed by atoms with E-state index in [4.69, 9.17) is 9.47 Å². The van der Waals surface area contributed by atoms with Crippen LogP contribution in [-0.4, -0.2) is 46.7 Å². The van der Waals surface area contributed by atoms with Crippen LogP contribution in [0, 0.1) is 18.8 Å². The molecule has 0 saturated heterocycles. The van der Waals surface area contributed by atoms with Crippen molar-refractivity contribution in [2.75, 3.05) is 6.54 Å². The van der Waals surface area contributed by atoms with Crippen molar-refractivity contribution in [3.8, 4) is 11.1 Å². The topological polar surface area (TPSA) is 132 Å². The fourth-order valence-corrected chi connectivity index (χ4v) is 3.48. The number of aryl methyl sites for hydroxylation is 1. The van der Waals surface area contributed by atoms with E-state index < -0.39 is 36.0 Å². The Morgan fingerprint density at radius 3 is 2.42 bits per heavy atom. The molecule has 190 valence electrons. The number of nitrogens with one attached hydrogen (secondary N) is 1. The van der Waals surface area contributed by atoms with Crippen LogP contribution in [0.4, 0.5) is 0 Å². The number of benzene rings is 1. The van der Waals surface area contributed by atoms with Gasteiger partial charge in [-0.2, -0.15) is 0 Å². The van der Waals surface area contributed by atoms with Crippen LogP contribution in [-0.2, 0) is 14.3 Å². The molecule has 1 aromatic heterocycles. The molecule has 1 unspecified atom stereocenters. The third-order valence-corrected chi connectivity index (χ3v) is 5.74. The van der Waals surface area contributed by atoms with Gasteiger partial charge in [0, 0.05) is 19.0 Å². The Kier molecular flexibility index (Phi) is 8.24. The van der Waals surface area contributed by atoms with E-state index in [2.05, 4.69) is 16.9 Å². The van der Waals surface area contributed by atoms with Crippen LogP contribution in [0.15, 0.2) is 30.8 Å². The first-order valence-corrected chi connectivity index (χ1v) is 11.7. The molecular weight excluding hydrogens is 464 g/mol. The number of rotatable bonds is 10. The lowest BCUT2D eigenvalue weighted by Gasteiger charge is -2.18. The van der Waals surface area contributed by atoms with E-state index >= 15 is 0 Å². The Labute approximate surface area is 209 Å². The Hall–Kier alpha value is -4.01. The predicted octanol–water partition coefficient (Wildman–Crippen LogP) is 4.24. The Morgan fingerprint density at radius 2 is 1.83 bits per heavy atom. The zero-order chi connectivity index (χ0) is 26.6. The van der Waals surface area contributed by atoms with Gasteiger partial charge in [-0.05, 0) is 66.6 Å². The maximum atomic E-state index is 13.2. The number of ether oxygens (including phenoxy) is 2. The molecule has 1 fully saturated rings. The minimum absolute atomic E-state index is 0.0190. The van der Waals surface area contributed by atoms with Gasteiger partial charge in [-0.25, -0.2) is 14.6 Å². The number of carbonyl (C=O) groups is 4. The van der Waals surface area contributed by atoms with Crippen LogP contribution >= 0.6 is 0 Å². The molecule has 1 saturated carbocycles. The van der Waals surface area contributed by atoms with Gasteiger partial charge < -0.3 is 19.9 Å². The molecule has 9 heteroatoms. The average molecular weight is 495 g/mol. The molecule has 0 spiro atoms. The van der Waals surface area contributed by atoms with Crippen LogP contribution in [0.5, 0.6) is 0 Å². The molecule has 1 amide bonds. The average Bonchev–Trinajstić information content (AvgIpc) is 3.66. The highest BCUT2D eigenvalue weighted by molar-refractivity contribution is 6.03. The molecule has 1 aromatic carbocycles. The van der Waals surface area contributed by atoms with E-state index in [0.29, 0.717) is 18.0 Å². The maximum absolute atomic E-state index is 13.2. The van der Waals surface area contributed by atoms with Gasteiger partial charge in [0.05, 0.1) is 11.5 Å². The van der Waals surface area contributed by atoms with Crippen LogP contribution in [0.25, 0.3) is 17.2 Å². The monoisotopic (exact) mass is 494 g/mol. The lowest BCUT2D eigenvalue weighted by molar-refractivity contribution is -0.169. The molecule has 3 rings (SSSR count). The van der Waals surface area contributed by atoms with Gasteiger partial charge >= 0.3 is 17.9 Å². The van der Waals surface area contributed by atoms with Crippen molar-refractivity contribution in [1.29, 1.82) is 0 Å². The van der Waals surface area contributed by atoms with Gasteiger partial charge in [-0.15, -0.1) is 0 Å². The summed E-state index contributed by atoms with van der Waals surface area (Å²) in [6.07, 6.45) is 2.42. The van der Waals surface area contributed by atoms with Gasteiger partial charge in [0.25, 0.3) is 5.91 Å². The highest BCUT2D eigenvalue weighted by atomic mass is 16.7. The lowest BCUT2D eigenvalue weighted by atomic mass is 9.93. The second-order valence-corrected chi connectivity index (χ2v) is 9.07. The lowest BCUT2D eigenvalue weighted by Crippen LogP contribution is -2.28. The quantitative estimate of drug-likeness (QED) is 0.370. The van der Waals surface area contributed by atoms with Crippen molar-refractivity contribution >= 4 is 29.9 Å². The highest BCUT2D eigenvalue weighted by Gasteiger charge is 2.27. The normalized spacial score (nSPS) is 13.6. The molecule has 1 atom stereocenters. The Morgan fingerprint density at radius 1 is 1.14 bits per heavy atom. The second kappa shape index (κ2) is 11.2. The summed E-state index contributed by atoms with van der Waals surface area (Å²) in [5, 5.41) is 12.6. The number of esters is 2. The van der Waals surface area contributed by atoms with Crippen molar-refractivity contribution in [3.05, 3.63) is 58.9 Å². The third-order valence-electron chi connectivity index (χ3n) is 5.74. The molecule has 1 aliphatic rings. The summed E-state index contributed by atoms with van der Waals surface area (Å²) < 4.78 is 10.4. The summed E-state index contributed by atoms with van der Waals surface area (Å²) in [5.74, 6) is -3.18. The van der Waals surface area contributed by atoms with Crippen molar-refractivity contribution in [1.82, 2.24) is 10.3 Å². The molecule has 36 heavy (non-hydrogen) atoms. The fraction of sp³-hybridized carbons (Fsp3) is 0.370. The number of amides is 1. The molecule has 1 aliphatic carbocycles. The maximum Gasteiger partial charge on any atom is 0.360 e. The number of aromatic carboxylic acids is 1. The minimum Gasteiger partial charge on any atom is -0.478 e. The number of carboxylic acid groups (broad SMARTS) is 1. The van der Waals surface area contributed by atoms with E-state index in [1.54, 1.807) is 26.8 Å². The van der Waals surface area contributed by atoms with E-state index in [1.807, 2.05) is 0 Å². The van der Waals surface area contributed by atoms with Crippen molar-refractivity contribution < 1.29 is 33.8 Å². The first-order valence-electron chi connectivity index (χ1n) is 11.7. The van der Waals surface area contributed by atoms with Gasteiger partial charge in [0.1, 0.15) is 5.69 Å². The first kappa shape index (κ1) is 26.6. The summed E-state index contributed by atoms with van der Waals surface area (Å²) in [5.41, 5.74) is 1.38. The van der Waals surface area contributed by atoms with E-state index in [-0.39, 0.29) is 28.1 Å². The number of aromatic nitrogens is 1. The van der Waals surface area contributed by atoms with Crippen LogP contribution < -0.4 is 5.32 Å². The molecule has 9 nitrogen and oxygen atoms in total. The van der Waals surface area contributed by atoms with Gasteiger partial charge in [-0.1, -0.05) is 26.5 Å². The van der Waals surface area contributed by atoms with E-state index in [9.17, 15) is 24.3 Å². The number of hydrogen-bond acceptors (Lipinski definition) is 7. The highest BCUT2D eigenvalue weighted by Crippen LogP contribution is 2.31. The van der Waals surface area contributed by atoms with Crippen LogP contribution in [0.1, 0.15) is 76.1 Å². The number of hydrogen-bond donors (Lipinski definition) is 2. The largest absolute Gasteiger partial charge is 0.478 e. The number of carbonyl (C=O) groups excluding carboxylic acids is 3. The smallest absolute Gasteiger partial charge is 0.360 e. The summed E-state index contributed by atoms with van der Waals surface area (Å²) in [6, 6.07) is 5.97. The van der Waals surface area contributed by atoms with Crippen LogP contribution in [0.2, 0.25) is 0 Å². The third kappa shape index (κ3) is 6.35. The van der Waals surface area contributed by atoms with Crippen molar-refractivity contribution in [2.45, 2.75) is 46.8 Å². The molecule has 0 aliphatic heterocycles.